The van der Waals surface area contributed by atoms with Crippen LogP contribution in [0.2, 0.25) is 0 Å². The fourth-order valence-corrected chi connectivity index (χ4v) is 2.57. The first kappa shape index (κ1) is 13.5. The molecule has 2 aromatic rings. The Morgan fingerprint density at radius 2 is 2.11 bits per heavy atom. The quantitative estimate of drug-likeness (QED) is 0.804. The van der Waals surface area contributed by atoms with Crippen molar-refractivity contribution in [3.63, 3.8) is 0 Å². The lowest BCUT2D eigenvalue weighted by Crippen LogP contribution is -2.17. The van der Waals surface area contributed by atoms with Crippen LogP contribution in [0.1, 0.15) is 18.9 Å². The number of para-hydroxylation sites is 1. The van der Waals surface area contributed by atoms with E-state index in [4.69, 9.17) is 0 Å². The van der Waals surface area contributed by atoms with E-state index in [-0.39, 0.29) is 0 Å². The van der Waals surface area contributed by atoms with E-state index in [2.05, 4.69) is 60.6 Å². The van der Waals surface area contributed by atoms with Gasteiger partial charge in [0.2, 0.25) is 0 Å². The molecule has 0 bridgehead atoms. The van der Waals surface area contributed by atoms with Crippen molar-refractivity contribution in [3.8, 4) is 0 Å². The Balaban J connectivity index is 1.96. The van der Waals surface area contributed by atoms with Crippen LogP contribution in [-0.4, -0.2) is 22.6 Å². The molecule has 18 heavy (non-hydrogen) atoms. The Morgan fingerprint density at radius 1 is 1.33 bits per heavy atom. The molecular weight excluding hydrogens is 240 g/mol. The van der Waals surface area contributed by atoms with Crippen molar-refractivity contribution in [1.82, 2.24) is 9.88 Å². The SMILES string of the molecule is CSC(C)CCNCc1cn(C)c2ccccc12. The van der Waals surface area contributed by atoms with Crippen LogP contribution in [0.15, 0.2) is 30.5 Å². The van der Waals surface area contributed by atoms with Gasteiger partial charge in [0, 0.05) is 35.9 Å². The van der Waals surface area contributed by atoms with Crippen LogP contribution in [0, 0.1) is 0 Å². The van der Waals surface area contributed by atoms with Crippen molar-refractivity contribution >= 4 is 22.7 Å². The van der Waals surface area contributed by atoms with Crippen molar-refractivity contribution in [1.29, 1.82) is 0 Å². The van der Waals surface area contributed by atoms with Gasteiger partial charge < -0.3 is 9.88 Å². The number of hydrogen-bond acceptors (Lipinski definition) is 2. The van der Waals surface area contributed by atoms with Gasteiger partial charge in [-0.15, -0.1) is 0 Å². The maximum Gasteiger partial charge on any atom is 0.0481 e. The smallest absolute Gasteiger partial charge is 0.0481 e. The van der Waals surface area contributed by atoms with Gasteiger partial charge in [0.15, 0.2) is 0 Å². The van der Waals surface area contributed by atoms with Gasteiger partial charge in [0.1, 0.15) is 0 Å². The van der Waals surface area contributed by atoms with Crippen LogP contribution in [0.25, 0.3) is 10.9 Å². The molecule has 0 aliphatic heterocycles. The van der Waals surface area contributed by atoms with Gasteiger partial charge in [0.05, 0.1) is 0 Å². The summed E-state index contributed by atoms with van der Waals surface area (Å²) in [6.07, 6.45) is 5.64. The monoisotopic (exact) mass is 262 g/mol. The number of nitrogens with one attached hydrogen (secondary N) is 1. The number of thioether (sulfide) groups is 1. The summed E-state index contributed by atoms with van der Waals surface area (Å²) >= 11 is 1.93. The maximum atomic E-state index is 3.55. The number of hydrogen-bond donors (Lipinski definition) is 1. The highest BCUT2D eigenvalue weighted by Crippen LogP contribution is 2.20. The van der Waals surface area contributed by atoms with Crippen LogP contribution in [0.4, 0.5) is 0 Å². The molecule has 2 nitrogen and oxygen atoms in total. The minimum Gasteiger partial charge on any atom is -0.350 e. The van der Waals surface area contributed by atoms with Crippen LogP contribution >= 0.6 is 11.8 Å². The number of benzene rings is 1. The first-order valence-corrected chi connectivity index (χ1v) is 7.77. The molecule has 1 heterocycles. The highest BCUT2D eigenvalue weighted by molar-refractivity contribution is 7.99. The van der Waals surface area contributed by atoms with Crippen LogP contribution < -0.4 is 5.32 Å². The van der Waals surface area contributed by atoms with Crippen molar-refractivity contribution in [3.05, 3.63) is 36.0 Å². The Bertz CT molecular complexity index is 504. The molecule has 0 aliphatic rings. The van der Waals surface area contributed by atoms with Gasteiger partial charge >= 0.3 is 0 Å². The molecule has 0 radical (unpaired) electrons. The molecule has 0 amide bonds. The molecule has 0 fully saturated rings. The van der Waals surface area contributed by atoms with Gasteiger partial charge in [-0.1, -0.05) is 25.1 Å². The average Bonchev–Trinajstić information content (AvgIpc) is 2.72. The van der Waals surface area contributed by atoms with Gasteiger partial charge in [0.25, 0.3) is 0 Å². The number of fused-ring (bicyclic) bond motifs is 1. The summed E-state index contributed by atoms with van der Waals surface area (Å²) in [6.45, 7) is 4.33. The molecule has 0 saturated carbocycles. The Labute approximate surface area is 114 Å². The van der Waals surface area contributed by atoms with Gasteiger partial charge in [-0.2, -0.15) is 11.8 Å². The number of nitrogens with zero attached hydrogens (tertiary/aromatic N) is 1. The van der Waals surface area contributed by atoms with Gasteiger partial charge in [-0.25, -0.2) is 0 Å². The van der Waals surface area contributed by atoms with Crippen molar-refractivity contribution in [2.45, 2.75) is 25.1 Å². The predicted molar refractivity (Wildman–Crippen MR) is 82.2 cm³/mol. The van der Waals surface area contributed by atoms with E-state index in [1.54, 1.807) is 0 Å². The second-order valence-electron chi connectivity index (χ2n) is 4.79. The summed E-state index contributed by atoms with van der Waals surface area (Å²) in [7, 11) is 2.11. The summed E-state index contributed by atoms with van der Waals surface area (Å²) in [5, 5.41) is 5.65. The number of aromatic nitrogens is 1. The lowest BCUT2D eigenvalue weighted by molar-refractivity contribution is 0.649. The molecule has 0 spiro atoms. The summed E-state index contributed by atoms with van der Waals surface area (Å²) in [5.74, 6) is 0. The Morgan fingerprint density at radius 3 is 2.89 bits per heavy atom. The van der Waals surface area contributed by atoms with E-state index >= 15 is 0 Å². The first-order valence-electron chi connectivity index (χ1n) is 6.49. The molecule has 1 N–H and O–H groups in total. The molecule has 1 atom stereocenters. The molecule has 1 unspecified atom stereocenters. The first-order chi connectivity index (χ1) is 8.72. The second-order valence-corrected chi connectivity index (χ2v) is 6.07. The van der Waals surface area contributed by atoms with Gasteiger partial charge in [-0.3, -0.25) is 0 Å². The fraction of sp³-hybridized carbons (Fsp3) is 0.467. The predicted octanol–water partition coefficient (Wildman–Crippen LogP) is 3.41. The highest BCUT2D eigenvalue weighted by Gasteiger charge is 2.05. The Kier molecular flexibility index (Phi) is 4.72. The maximum absolute atomic E-state index is 3.55. The standard InChI is InChI=1S/C15H22N2S/c1-12(18-3)8-9-16-10-13-11-17(2)15-7-5-4-6-14(13)15/h4-7,11-12,16H,8-10H2,1-3H3. The van der Waals surface area contributed by atoms with Crippen molar-refractivity contribution in [2.75, 3.05) is 12.8 Å². The molecule has 0 saturated heterocycles. The average molecular weight is 262 g/mol. The zero-order valence-electron chi connectivity index (χ0n) is 11.4. The molecule has 3 heteroatoms. The van der Waals surface area contributed by atoms with E-state index in [0.717, 1.165) is 18.3 Å². The minimum absolute atomic E-state index is 0.741. The van der Waals surface area contributed by atoms with Crippen LogP contribution in [0.3, 0.4) is 0 Å². The third-order valence-electron chi connectivity index (χ3n) is 3.42. The van der Waals surface area contributed by atoms with E-state index in [9.17, 15) is 0 Å². The highest BCUT2D eigenvalue weighted by atomic mass is 32.2. The molecule has 98 valence electrons. The largest absolute Gasteiger partial charge is 0.350 e. The summed E-state index contributed by atoms with van der Waals surface area (Å²) in [4.78, 5) is 0. The van der Waals surface area contributed by atoms with E-state index in [1.165, 1.54) is 22.9 Å². The number of rotatable bonds is 6. The third-order valence-corrected chi connectivity index (χ3v) is 4.47. The lowest BCUT2D eigenvalue weighted by atomic mass is 10.2. The van der Waals surface area contributed by atoms with E-state index < -0.39 is 0 Å². The second kappa shape index (κ2) is 6.30. The zero-order valence-corrected chi connectivity index (χ0v) is 12.3. The van der Waals surface area contributed by atoms with Crippen molar-refractivity contribution in [2.24, 2.45) is 7.05 Å². The summed E-state index contributed by atoms with van der Waals surface area (Å²) in [5.41, 5.74) is 2.71. The van der Waals surface area contributed by atoms with Crippen molar-refractivity contribution < 1.29 is 0 Å². The lowest BCUT2D eigenvalue weighted by Gasteiger charge is -2.08. The zero-order chi connectivity index (χ0) is 13.0. The van der Waals surface area contributed by atoms with Gasteiger partial charge in [-0.05, 0) is 30.9 Å². The van der Waals surface area contributed by atoms with Crippen LogP contribution in [-0.2, 0) is 13.6 Å². The molecule has 1 aromatic heterocycles. The summed E-state index contributed by atoms with van der Waals surface area (Å²) in [6, 6.07) is 8.59. The summed E-state index contributed by atoms with van der Waals surface area (Å²) < 4.78 is 2.21. The minimum atomic E-state index is 0.741. The van der Waals surface area contributed by atoms with E-state index in [1.807, 2.05) is 11.8 Å². The van der Waals surface area contributed by atoms with E-state index in [0.29, 0.717) is 0 Å². The molecule has 1 aromatic carbocycles. The van der Waals surface area contributed by atoms with Crippen LogP contribution in [0.5, 0.6) is 0 Å². The topological polar surface area (TPSA) is 17.0 Å². The normalized spacial score (nSPS) is 13.1. The molecule has 2 rings (SSSR count). The third kappa shape index (κ3) is 3.09. The molecule has 0 aliphatic carbocycles. The fourth-order valence-electron chi connectivity index (χ4n) is 2.21. The molecular formula is C15H22N2S. The Hall–Kier alpha value is -0.930. The number of aryl methyl sites for hydroxylation is 1.